The molecule has 2 aromatic rings. The number of fused-ring (bicyclic) bond motifs is 1. The molecule has 1 fully saturated rings. The summed E-state index contributed by atoms with van der Waals surface area (Å²) in [6, 6.07) is 6.57. The highest BCUT2D eigenvalue weighted by atomic mass is 19.1. The van der Waals surface area contributed by atoms with E-state index in [0.29, 0.717) is 6.54 Å². The number of carbonyl (C=O) groups excluding carboxylic acids is 1. The summed E-state index contributed by atoms with van der Waals surface area (Å²) in [6.45, 7) is 6.60. The van der Waals surface area contributed by atoms with Gasteiger partial charge in [0.1, 0.15) is 5.82 Å². The second-order valence-corrected chi connectivity index (χ2v) is 7.21. The molecule has 2 aliphatic rings. The van der Waals surface area contributed by atoms with Gasteiger partial charge in [0.05, 0.1) is 11.4 Å². The van der Waals surface area contributed by atoms with E-state index < -0.39 is 0 Å². The van der Waals surface area contributed by atoms with Crippen molar-refractivity contribution in [3.63, 3.8) is 0 Å². The molecule has 0 saturated carbocycles. The Morgan fingerprint density at radius 1 is 1.15 bits per heavy atom. The second kappa shape index (κ2) is 7.68. The summed E-state index contributed by atoms with van der Waals surface area (Å²) in [4.78, 5) is 16.2. The fourth-order valence-corrected chi connectivity index (χ4v) is 4.02. The van der Waals surface area contributed by atoms with Crippen molar-refractivity contribution in [3.05, 3.63) is 47.0 Å². The van der Waals surface area contributed by atoms with Crippen LogP contribution in [0.4, 0.5) is 9.18 Å². The van der Waals surface area contributed by atoms with Crippen LogP contribution in [-0.2, 0) is 19.4 Å². The number of hydrogen-bond donors (Lipinski definition) is 1. The topological polar surface area (TPSA) is 53.4 Å². The monoisotopic (exact) mass is 371 g/mol. The van der Waals surface area contributed by atoms with Gasteiger partial charge >= 0.3 is 6.03 Å². The molecule has 0 unspecified atom stereocenters. The average Bonchev–Trinajstić information content (AvgIpc) is 3.27. The van der Waals surface area contributed by atoms with Crippen molar-refractivity contribution < 1.29 is 9.18 Å². The van der Waals surface area contributed by atoms with Gasteiger partial charge in [0.2, 0.25) is 0 Å². The van der Waals surface area contributed by atoms with Crippen LogP contribution in [0, 0.1) is 5.82 Å². The van der Waals surface area contributed by atoms with Gasteiger partial charge in [0.25, 0.3) is 0 Å². The Morgan fingerprint density at radius 3 is 2.59 bits per heavy atom. The molecule has 6 nitrogen and oxygen atoms in total. The molecule has 4 rings (SSSR count). The summed E-state index contributed by atoms with van der Waals surface area (Å²) in [5.74, 6) is -0.229. The van der Waals surface area contributed by atoms with Crippen LogP contribution in [-0.4, -0.2) is 58.3 Å². The standard InChI is InChI=1S/C20H26FN5O/c1-2-22-20(27)25-12-10-24(11-13-25)14-18-17-4-3-5-19(17)26(23-18)16-8-6-15(21)7-9-16/h6-9H,2-5,10-14H2,1H3,(H,22,27). The zero-order chi connectivity index (χ0) is 18.8. The van der Waals surface area contributed by atoms with Gasteiger partial charge in [-0.2, -0.15) is 5.10 Å². The first-order valence-corrected chi connectivity index (χ1v) is 9.76. The van der Waals surface area contributed by atoms with Crippen LogP contribution in [0.15, 0.2) is 24.3 Å². The van der Waals surface area contributed by atoms with Gasteiger partial charge in [0, 0.05) is 45.0 Å². The van der Waals surface area contributed by atoms with Crippen molar-refractivity contribution in [1.29, 1.82) is 0 Å². The fourth-order valence-electron chi connectivity index (χ4n) is 4.02. The maximum Gasteiger partial charge on any atom is 0.317 e. The van der Waals surface area contributed by atoms with E-state index in [1.807, 2.05) is 16.5 Å². The molecule has 0 bridgehead atoms. The quantitative estimate of drug-likeness (QED) is 0.898. The van der Waals surface area contributed by atoms with Gasteiger partial charge in [0.15, 0.2) is 0 Å². The summed E-state index contributed by atoms with van der Waals surface area (Å²) in [5.41, 5.74) is 4.66. The molecular formula is C20H26FN5O. The van der Waals surface area contributed by atoms with Crippen molar-refractivity contribution in [2.24, 2.45) is 0 Å². The molecule has 1 aromatic carbocycles. The molecule has 0 radical (unpaired) electrons. The van der Waals surface area contributed by atoms with Crippen molar-refractivity contribution in [3.8, 4) is 5.69 Å². The first kappa shape index (κ1) is 18.0. The zero-order valence-electron chi connectivity index (χ0n) is 15.7. The number of amides is 2. The molecular weight excluding hydrogens is 345 g/mol. The van der Waals surface area contributed by atoms with Crippen LogP contribution < -0.4 is 5.32 Å². The van der Waals surface area contributed by atoms with Crippen molar-refractivity contribution in [2.45, 2.75) is 32.7 Å². The Hall–Kier alpha value is -2.41. The van der Waals surface area contributed by atoms with E-state index in [2.05, 4.69) is 10.2 Å². The minimum atomic E-state index is -0.229. The largest absolute Gasteiger partial charge is 0.338 e. The van der Waals surface area contributed by atoms with Crippen LogP contribution >= 0.6 is 0 Å². The Bertz CT molecular complexity index is 809. The summed E-state index contributed by atoms with van der Waals surface area (Å²) in [7, 11) is 0. The van der Waals surface area contributed by atoms with E-state index in [1.165, 1.54) is 23.4 Å². The van der Waals surface area contributed by atoms with Gasteiger partial charge in [-0.05, 0) is 56.0 Å². The van der Waals surface area contributed by atoms with Gasteiger partial charge < -0.3 is 10.2 Å². The molecule has 7 heteroatoms. The van der Waals surface area contributed by atoms with E-state index in [1.54, 1.807) is 12.1 Å². The molecule has 2 heterocycles. The number of halogens is 1. The van der Waals surface area contributed by atoms with Gasteiger partial charge in [-0.25, -0.2) is 13.9 Å². The summed E-state index contributed by atoms with van der Waals surface area (Å²) >= 11 is 0. The van der Waals surface area contributed by atoms with Crippen LogP contribution in [0.5, 0.6) is 0 Å². The lowest BCUT2D eigenvalue weighted by molar-refractivity contribution is 0.134. The number of urea groups is 1. The highest BCUT2D eigenvalue weighted by molar-refractivity contribution is 5.74. The van der Waals surface area contributed by atoms with Crippen LogP contribution in [0.2, 0.25) is 0 Å². The van der Waals surface area contributed by atoms with Crippen LogP contribution in [0.25, 0.3) is 5.69 Å². The first-order chi connectivity index (χ1) is 13.2. The zero-order valence-corrected chi connectivity index (χ0v) is 15.7. The normalized spacial score (nSPS) is 17.2. The molecule has 27 heavy (non-hydrogen) atoms. The predicted octanol–water partition coefficient (Wildman–Crippen LogP) is 2.35. The minimum Gasteiger partial charge on any atom is -0.338 e. The summed E-state index contributed by atoms with van der Waals surface area (Å²) < 4.78 is 15.2. The Balaban J connectivity index is 1.47. The molecule has 1 aliphatic heterocycles. The highest BCUT2D eigenvalue weighted by Gasteiger charge is 2.26. The maximum atomic E-state index is 13.3. The number of benzene rings is 1. The van der Waals surface area contributed by atoms with Gasteiger partial charge in [-0.1, -0.05) is 0 Å². The first-order valence-electron chi connectivity index (χ1n) is 9.76. The summed E-state index contributed by atoms with van der Waals surface area (Å²) in [5, 5.41) is 7.73. The molecule has 1 aromatic heterocycles. The van der Waals surface area contributed by atoms with E-state index in [0.717, 1.165) is 63.4 Å². The highest BCUT2D eigenvalue weighted by Crippen LogP contribution is 2.28. The van der Waals surface area contributed by atoms with E-state index in [9.17, 15) is 9.18 Å². The molecule has 0 atom stereocenters. The number of hydrogen-bond acceptors (Lipinski definition) is 3. The van der Waals surface area contributed by atoms with Crippen LogP contribution in [0.1, 0.15) is 30.3 Å². The Labute approximate surface area is 158 Å². The third kappa shape index (κ3) is 3.69. The number of aromatic nitrogens is 2. The van der Waals surface area contributed by atoms with Crippen LogP contribution in [0.3, 0.4) is 0 Å². The Kier molecular flexibility index (Phi) is 5.11. The fraction of sp³-hybridized carbons (Fsp3) is 0.500. The van der Waals surface area contributed by atoms with E-state index >= 15 is 0 Å². The molecule has 2 amide bonds. The molecule has 144 valence electrons. The molecule has 0 spiro atoms. The predicted molar refractivity (Wildman–Crippen MR) is 101 cm³/mol. The number of nitrogens with zero attached hydrogens (tertiary/aromatic N) is 4. The van der Waals surface area contributed by atoms with Gasteiger partial charge in [-0.3, -0.25) is 4.90 Å². The number of piperazine rings is 1. The van der Waals surface area contributed by atoms with Crippen molar-refractivity contribution in [1.82, 2.24) is 24.9 Å². The maximum absolute atomic E-state index is 13.3. The second-order valence-electron chi connectivity index (χ2n) is 7.21. The van der Waals surface area contributed by atoms with E-state index in [4.69, 9.17) is 5.10 Å². The lowest BCUT2D eigenvalue weighted by Crippen LogP contribution is -2.51. The van der Waals surface area contributed by atoms with Crippen molar-refractivity contribution >= 4 is 6.03 Å². The van der Waals surface area contributed by atoms with E-state index in [-0.39, 0.29) is 11.8 Å². The lowest BCUT2D eigenvalue weighted by Gasteiger charge is -2.34. The number of nitrogens with one attached hydrogen (secondary N) is 1. The van der Waals surface area contributed by atoms with Crippen molar-refractivity contribution in [2.75, 3.05) is 32.7 Å². The van der Waals surface area contributed by atoms with Gasteiger partial charge in [-0.15, -0.1) is 0 Å². The smallest absolute Gasteiger partial charge is 0.317 e. The Morgan fingerprint density at radius 2 is 1.89 bits per heavy atom. The summed E-state index contributed by atoms with van der Waals surface area (Å²) in [6.07, 6.45) is 3.22. The average molecular weight is 371 g/mol. The number of carbonyl (C=O) groups is 1. The molecule has 1 N–H and O–H groups in total. The SMILES string of the molecule is CCNC(=O)N1CCN(Cc2nn(-c3ccc(F)cc3)c3c2CCC3)CC1. The minimum absolute atomic E-state index is 0.0265. The molecule has 1 saturated heterocycles. The lowest BCUT2D eigenvalue weighted by atomic mass is 10.2. The number of rotatable bonds is 4. The third-order valence-electron chi connectivity index (χ3n) is 5.45. The molecule has 1 aliphatic carbocycles. The third-order valence-corrected chi connectivity index (χ3v) is 5.45.